The van der Waals surface area contributed by atoms with Gasteiger partial charge in [-0.05, 0) is 54.1 Å². The number of furan rings is 1. The van der Waals surface area contributed by atoms with Crippen molar-refractivity contribution in [1.29, 1.82) is 0 Å². The Kier molecular flexibility index (Phi) is 4.44. The van der Waals surface area contributed by atoms with Crippen molar-refractivity contribution in [3.63, 3.8) is 0 Å². The number of halogens is 1. The van der Waals surface area contributed by atoms with Gasteiger partial charge in [-0.3, -0.25) is 0 Å². The van der Waals surface area contributed by atoms with Crippen LogP contribution < -0.4 is 0 Å². The molecule has 0 aromatic carbocycles. The predicted octanol–water partition coefficient (Wildman–Crippen LogP) is 3.42. The molecule has 2 rings (SSSR count). The lowest BCUT2D eigenvalue weighted by Gasteiger charge is -2.11. The van der Waals surface area contributed by atoms with Gasteiger partial charge in [-0.15, -0.1) is 0 Å². The first-order chi connectivity index (χ1) is 7.77. The predicted molar refractivity (Wildman–Crippen MR) is 64.2 cm³/mol. The third kappa shape index (κ3) is 3.09. The minimum Gasteiger partial charge on any atom is -0.457 e. The molecule has 1 aliphatic rings. The molecular weight excluding hydrogens is 272 g/mol. The lowest BCUT2D eigenvalue weighted by Crippen LogP contribution is -2.05. The summed E-state index contributed by atoms with van der Waals surface area (Å²) in [5.41, 5.74) is 0.840. The van der Waals surface area contributed by atoms with Crippen LogP contribution in [0.2, 0.25) is 0 Å². The van der Waals surface area contributed by atoms with E-state index in [9.17, 15) is 5.11 Å². The highest BCUT2D eigenvalue weighted by atomic mass is 79.9. The van der Waals surface area contributed by atoms with Crippen molar-refractivity contribution in [1.82, 2.24) is 0 Å². The fourth-order valence-electron chi connectivity index (χ4n) is 2.11. The normalized spacial score (nSPS) is 22.5. The molecule has 0 radical (unpaired) electrons. The van der Waals surface area contributed by atoms with E-state index in [2.05, 4.69) is 15.9 Å². The molecule has 0 saturated carbocycles. The highest BCUT2D eigenvalue weighted by Gasteiger charge is 2.17. The van der Waals surface area contributed by atoms with Crippen LogP contribution in [0.4, 0.5) is 0 Å². The van der Waals surface area contributed by atoms with Crippen LogP contribution in [-0.4, -0.2) is 17.8 Å². The molecule has 0 spiro atoms. The number of ether oxygens (including phenoxy) is 1. The van der Waals surface area contributed by atoms with Crippen molar-refractivity contribution in [2.24, 2.45) is 0 Å². The molecule has 90 valence electrons. The van der Waals surface area contributed by atoms with E-state index < -0.39 is 6.10 Å². The largest absolute Gasteiger partial charge is 0.457 e. The molecule has 0 aliphatic carbocycles. The van der Waals surface area contributed by atoms with E-state index in [1.54, 1.807) is 12.3 Å². The first-order valence-electron chi connectivity index (χ1n) is 5.80. The van der Waals surface area contributed by atoms with Gasteiger partial charge in [0.05, 0.1) is 18.5 Å². The number of aliphatic hydroxyl groups is 1. The lowest BCUT2D eigenvalue weighted by molar-refractivity contribution is 0.0943. The molecule has 1 aromatic rings. The van der Waals surface area contributed by atoms with E-state index in [-0.39, 0.29) is 0 Å². The summed E-state index contributed by atoms with van der Waals surface area (Å²) in [6, 6.07) is 1.81. The van der Waals surface area contributed by atoms with Crippen LogP contribution >= 0.6 is 15.9 Å². The summed E-state index contributed by atoms with van der Waals surface area (Å²) >= 11 is 3.27. The molecule has 4 heteroatoms. The van der Waals surface area contributed by atoms with Gasteiger partial charge in [-0.25, -0.2) is 0 Å². The van der Waals surface area contributed by atoms with Gasteiger partial charge in [0.2, 0.25) is 0 Å². The molecule has 0 amide bonds. The molecule has 16 heavy (non-hydrogen) atoms. The molecule has 0 bridgehead atoms. The second kappa shape index (κ2) is 5.84. The average molecular weight is 289 g/mol. The Morgan fingerprint density at radius 2 is 2.44 bits per heavy atom. The summed E-state index contributed by atoms with van der Waals surface area (Å²) in [5, 5.41) is 9.93. The average Bonchev–Trinajstić information content (AvgIpc) is 2.88. The molecular formula is C12H17BrO3. The second-order valence-electron chi connectivity index (χ2n) is 4.23. The molecule has 1 aliphatic heterocycles. The van der Waals surface area contributed by atoms with E-state index in [4.69, 9.17) is 9.15 Å². The molecule has 1 fully saturated rings. The molecule has 2 atom stereocenters. The first kappa shape index (κ1) is 12.1. The van der Waals surface area contributed by atoms with Gasteiger partial charge >= 0.3 is 0 Å². The Morgan fingerprint density at radius 1 is 1.56 bits per heavy atom. The van der Waals surface area contributed by atoms with Crippen LogP contribution in [-0.2, 0) is 4.74 Å². The van der Waals surface area contributed by atoms with Gasteiger partial charge in [-0.1, -0.05) is 0 Å². The number of hydrogen-bond acceptors (Lipinski definition) is 3. The highest BCUT2D eigenvalue weighted by Crippen LogP contribution is 2.28. The van der Waals surface area contributed by atoms with Crippen molar-refractivity contribution in [2.75, 3.05) is 6.61 Å². The van der Waals surface area contributed by atoms with Gasteiger partial charge in [0.15, 0.2) is 4.67 Å². The zero-order valence-corrected chi connectivity index (χ0v) is 10.8. The summed E-state index contributed by atoms with van der Waals surface area (Å²) in [7, 11) is 0. The summed E-state index contributed by atoms with van der Waals surface area (Å²) in [6.07, 6.45) is 6.72. The standard InChI is InChI=1S/C12H17BrO3/c13-12-10(6-8-16-12)11(14)5-1-3-9-4-2-7-15-9/h6,8-9,11,14H,1-5,7H2. The minimum atomic E-state index is -0.436. The highest BCUT2D eigenvalue weighted by molar-refractivity contribution is 9.10. The van der Waals surface area contributed by atoms with Crippen LogP contribution in [0, 0.1) is 0 Å². The molecule has 1 saturated heterocycles. The van der Waals surface area contributed by atoms with E-state index >= 15 is 0 Å². The monoisotopic (exact) mass is 288 g/mol. The van der Waals surface area contributed by atoms with Crippen LogP contribution in [0.15, 0.2) is 21.4 Å². The zero-order valence-electron chi connectivity index (χ0n) is 9.19. The quantitative estimate of drug-likeness (QED) is 0.903. The maximum absolute atomic E-state index is 9.93. The van der Waals surface area contributed by atoms with E-state index in [0.717, 1.165) is 31.4 Å². The number of aliphatic hydroxyl groups excluding tert-OH is 1. The van der Waals surface area contributed by atoms with Crippen LogP contribution in [0.5, 0.6) is 0 Å². The fraction of sp³-hybridized carbons (Fsp3) is 0.667. The second-order valence-corrected chi connectivity index (χ2v) is 4.95. The minimum absolute atomic E-state index is 0.417. The summed E-state index contributed by atoms with van der Waals surface area (Å²) in [6.45, 7) is 0.903. The smallest absolute Gasteiger partial charge is 0.174 e. The zero-order chi connectivity index (χ0) is 11.4. The maximum Gasteiger partial charge on any atom is 0.174 e. The lowest BCUT2D eigenvalue weighted by atomic mass is 10.0. The van der Waals surface area contributed by atoms with E-state index in [0.29, 0.717) is 10.8 Å². The Morgan fingerprint density at radius 3 is 3.06 bits per heavy atom. The third-order valence-electron chi connectivity index (χ3n) is 3.03. The molecule has 2 heterocycles. The van der Waals surface area contributed by atoms with E-state index in [1.165, 1.54) is 12.8 Å². The van der Waals surface area contributed by atoms with Crippen molar-refractivity contribution in [3.05, 3.63) is 22.6 Å². The van der Waals surface area contributed by atoms with Gasteiger partial charge < -0.3 is 14.3 Å². The maximum atomic E-state index is 9.93. The summed E-state index contributed by atoms with van der Waals surface area (Å²) in [5.74, 6) is 0. The fourth-order valence-corrected chi connectivity index (χ4v) is 2.61. The molecule has 2 unspecified atom stereocenters. The number of hydrogen-bond donors (Lipinski definition) is 1. The Labute approximate surface area is 104 Å². The van der Waals surface area contributed by atoms with Gasteiger partial charge in [0, 0.05) is 12.2 Å². The third-order valence-corrected chi connectivity index (χ3v) is 3.68. The first-order valence-corrected chi connectivity index (χ1v) is 6.59. The Hall–Kier alpha value is -0.320. The summed E-state index contributed by atoms with van der Waals surface area (Å²) < 4.78 is 11.3. The Balaban J connectivity index is 1.71. The van der Waals surface area contributed by atoms with Crippen molar-refractivity contribution in [2.45, 2.75) is 44.3 Å². The molecule has 1 aromatic heterocycles. The van der Waals surface area contributed by atoms with Crippen molar-refractivity contribution in [3.8, 4) is 0 Å². The van der Waals surface area contributed by atoms with Crippen LogP contribution in [0.1, 0.15) is 43.8 Å². The molecule has 1 N–H and O–H groups in total. The van der Waals surface area contributed by atoms with Crippen molar-refractivity contribution < 1.29 is 14.3 Å². The van der Waals surface area contributed by atoms with Gasteiger partial charge in [-0.2, -0.15) is 0 Å². The van der Waals surface area contributed by atoms with Gasteiger partial charge in [0.25, 0.3) is 0 Å². The number of rotatable bonds is 5. The van der Waals surface area contributed by atoms with Crippen molar-refractivity contribution >= 4 is 15.9 Å². The van der Waals surface area contributed by atoms with Gasteiger partial charge in [0.1, 0.15) is 0 Å². The topological polar surface area (TPSA) is 42.6 Å². The van der Waals surface area contributed by atoms with E-state index in [1.807, 2.05) is 0 Å². The molecule has 3 nitrogen and oxygen atoms in total. The Bertz CT molecular complexity index is 318. The van der Waals surface area contributed by atoms with Crippen LogP contribution in [0.3, 0.4) is 0 Å². The SMILES string of the molecule is OC(CCCC1CCCO1)c1ccoc1Br. The summed E-state index contributed by atoms with van der Waals surface area (Å²) in [4.78, 5) is 0. The van der Waals surface area contributed by atoms with Crippen LogP contribution in [0.25, 0.3) is 0 Å².